The molecule has 0 bridgehead atoms. The van der Waals surface area contributed by atoms with Crippen LogP contribution in [0, 0.1) is 0 Å². The minimum absolute atomic E-state index is 0.00181. The van der Waals surface area contributed by atoms with Crippen molar-refractivity contribution < 1.29 is 18.6 Å². The van der Waals surface area contributed by atoms with Crippen LogP contribution < -0.4 is 17.1 Å². The first kappa shape index (κ1) is 23.3. The topological polar surface area (TPSA) is 129 Å². The van der Waals surface area contributed by atoms with Crippen LogP contribution in [0.1, 0.15) is 40.8 Å². The lowest BCUT2D eigenvalue weighted by atomic mass is 10.3. The van der Waals surface area contributed by atoms with Crippen molar-refractivity contribution in [3.63, 3.8) is 0 Å². The summed E-state index contributed by atoms with van der Waals surface area (Å²) in [6, 6.07) is 0.731. The lowest BCUT2D eigenvalue weighted by Crippen LogP contribution is -2.36. The SMILES string of the molecule is C=C(OC(C)C)[C@H](C)N(N)[PH](=O)OC[C@H](C)O[C@H](C)n1ccc(=O)[nH]c1=O. The molecular formula is C16H29N4O6P. The number of hydrazine groups is 1. The van der Waals surface area contributed by atoms with Gasteiger partial charge in [0.25, 0.3) is 13.7 Å². The van der Waals surface area contributed by atoms with Crippen LogP contribution in [-0.4, -0.2) is 39.2 Å². The van der Waals surface area contributed by atoms with E-state index in [1.165, 1.54) is 16.8 Å². The van der Waals surface area contributed by atoms with Crippen LogP contribution in [0.3, 0.4) is 0 Å². The van der Waals surface area contributed by atoms with Gasteiger partial charge in [-0.25, -0.2) is 4.79 Å². The average Bonchev–Trinajstić information content (AvgIpc) is 2.57. The molecule has 27 heavy (non-hydrogen) atoms. The standard InChI is InChI=1S/C16H29N4O6P/c1-10(2)25-13(5)12(4)20(17)27(23)24-9-11(3)26-14(6)19-8-7-15(21)18-16(19)22/h7-8,10-12,14,27H,5,9,17H2,1-4,6H3,(H,18,21,22)/t11-,12-,14+/m0/s1. The predicted molar refractivity (Wildman–Crippen MR) is 102 cm³/mol. The third-order valence-corrected chi connectivity index (χ3v) is 4.82. The van der Waals surface area contributed by atoms with Crippen LogP contribution in [0.5, 0.6) is 0 Å². The Hall–Kier alpha value is -1.71. The maximum absolute atomic E-state index is 12.2. The van der Waals surface area contributed by atoms with E-state index in [4.69, 9.17) is 19.8 Å². The Morgan fingerprint density at radius 2 is 1.96 bits per heavy atom. The number of rotatable bonds is 11. The van der Waals surface area contributed by atoms with Gasteiger partial charge in [0.2, 0.25) is 0 Å². The first-order valence-electron chi connectivity index (χ1n) is 8.56. The summed E-state index contributed by atoms with van der Waals surface area (Å²) in [6.07, 6.45) is 0.142. The highest BCUT2D eigenvalue weighted by atomic mass is 31.1. The van der Waals surface area contributed by atoms with Gasteiger partial charge in [-0.05, 0) is 34.6 Å². The molecule has 0 fully saturated rings. The third kappa shape index (κ3) is 7.43. The zero-order valence-corrected chi connectivity index (χ0v) is 17.3. The fourth-order valence-corrected chi connectivity index (χ4v) is 3.12. The van der Waals surface area contributed by atoms with Crippen LogP contribution in [-0.2, 0) is 18.6 Å². The summed E-state index contributed by atoms with van der Waals surface area (Å²) in [6.45, 7) is 12.5. The first-order valence-corrected chi connectivity index (χ1v) is 9.82. The summed E-state index contributed by atoms with van der Waals surface area (Å²) in [5.41, 5.74) is -1.07. The first-order chi connectivity index (χ1) is 12.5. The van der Waals surface area contributed by atoms with Crippen molar-refractivity contribution in [1.29, 1.82) is 0 Å². The zero-order chi connectivity index (χ0) is 20.7. The molecule has 0 aliphatic heterocycles. The molecule has 0 aliphatic rings. The molecule has 0 spiro atoms. The zero-order valence-electron chi connectivity index (χ0n) is 16.3. The van der Waals surface area contributed by atoms with Crippen molar-refractivity contribution in [2.45, 2.75) is 59.1 Å². The number of nitrogens with zero attached hydrogens (tertiary/aromatic N) is 2. The number of aromatic amines is 1. The largest absolute Gasteiger partial charge is 0.494 e. The van der Waals surface area contributed by atoms with E-state index in [1.807, 2.05) is 13.8 Å². The predicted octanol–water partition coefficient (Wildman–Crippen LogP) is 1.37. The van der Waals surface area contributed by atoms with Crippen LogP contribution in [0.2, 0.25) is 0 Å². The lowest BCUT2D eigenvalue weighted by Gasteiger charge is -2.27. The smallest absolute Gasteiger partial charge is 0.330 e. The molecule has 0 radical (unpaired) electrons. The van der Waals surface area contributed by atoms with Gasteiger partial charge in [0.05, 0.1) is 24.9 Å². The van der Waals surface area contributed by atoms with Gasteiger partial charge >= 0.3 is 5.69 Å². The van der Waals surface area contributed by atoms with Crippen LogP contribution in [0.4, 0.5) is 0 Å². The normalized spacial score (nSPS) is 16.1. The molecule has 3 N–H and O–H groups in total. The number of nitrogens with two attached hydrogens (primary N) is 1. The van der Waals surface area contributed by atoms with Crippen molar-refractivity contribution in [3.8, 4) is 0 Å². The molecule has 0 aliphatic carbocycles. The monoisotopic (exact) mass is 404 g/mol. The highest BCUT2D eigenvalue weighted by Crippen LogP contribution is 2.30. The number of nitrogens with one attached hydrogen (secondary N) is 1. The summed E-state index contributed by atoms with van der Waals surface area (Å²) >= 11 is 0. The quantitative estimate of drug-likeness (QED) is 0.245. The molecule has 0 aromatic carbocycles. The van der Waals surface area contributed by atoms with E-state index in [9.17, 15) is 14.2 Å². The number of ether oxygens (including phenoxy) is 2. The molecule has 0 amide bonds. The molecule has 0 saturated carbocycles. The average molecular weight is 404 g/mol. The summed E-state index contributed by atoms with van der Waals surface area (Å²) in [7, 11) is -2.73. The second-order valence-corrected chi connectivity index (χ2v) is 7.69. The molecule has 11 heteroatoms. The summed E-state index contributed by atoms with van der Waals surface area (Å²) in [5.74, 6) is 6.22. The molecule has 10 nitrogen and oxygen atoms in total. The fraction of sp³-hybridized carbons (Fsp3) is 0.625. The van der Waals surface area contributed by atoms with E-state index in [-0.39, 0.29) is 12.7 Å². The van der Waals surface area contributed by atoms with Crippen LogP contribution in [0.25, 0.3) is 0 Å². The molecular weight excluding hydrogens is 375 g/mol. The molecule has 154 valence electrons. The number of aromatic nitrogens is 2. The van der Waals surface area contributed by atoms with E-state index >= 15 is 0 Å². The second kappa shape index (κ2) is 10.6. The molecule has 1 rings (SSSR count). The molecule has 1 heterocycles. The number of H-pyrrole nitrogens is 1. The van der Waals surface area contributed by atoms with Crippen LogP contribution >= 0.6 is 8.18 Å². The maximum Gasteiger partial charge on any atom is 0.330 e. The van der Waals surface area contributed by atoms with Gasteiger partial charge in [0, 0.05) is 12.3 Å². The Bertz CT molecular complexity index is 762. The van der Waals surface area contributed by atoms with Crippen molar-refractivity contribution >= 4 is 8.18 Å². The van der Waals surface area contributed by atoms with E-state index in [0.29, 0.717) is 5.76 Å². The Labute approximate surface area is 158 Å². The van der Waals surface area contributed by atoms with Gasteiger partial charge in [-0.2, -0.15) is 4.78 Å². The van der Waals surface area contributed by atoms with Crippen molar-refractivity contribution in [3.05, 3.63) is 45.4 Å². The molecule has 4 atom stereocenters. The Morgan fingerprint density at radius 1 is 1.33 bits per heavy atom. The fourth-order valence-electron chi connectivity index (χ4n) is 2.13. The van der Waals surface area contributed by atoms with Gasteiger partial charge in [-0.3, -0.25) is 24.8 Å². The summed E-state index contributed by atoms with van der Waals surface area (Å²) in [5, 5.41) is 0. The van der Waals surface area contributed by atoms with Gasteiger partial charge in [0.15, 0.2) is 0 Å². The van der Waals surface area contributed by atoms with Gasteiger partial charge in [-0.15, -0.1) is 0 Å². The summed E-state index contributed by atoms with van der Waals surface area (Å²) < 4.78 is 30.9. The van der Waals surface area contributed by atoms with Crippen molar-refractivity contribution in [2.24, 2.45) is 5.84 Å². The van der Waals surface area contributed by atoms with Crippen LogP contribution in [0.15, 0.2) is 34.2 Å². The Balaban J connectivity index is 2.54. The lowest BCUT2D eigenvalue weighted by molar-refractivity contribution is -0.0539. The third-order valence-electron chi connectivity index (χ3n) is 3.59. The minimum Gasteiger partial charge on any atom is -0.494 e. The van der Waals surface area contributed by atoms with Gasteiger partial charge in [-0.1, -0.05) is 6.58 Å². The Kier molecular flexibility index (Phi) is 9.14. The Morgan fingerprint density at radius 3 is 2.52 bits per heavy atom. The second-order valence-electron chi connectivity index (χ2n) is 6.36. The molecule has 0 saturated heterocycles. The highest BCUT2D eigenvalue weighted by Gasteiger charge is 2.22. The van der Waals surface area contributed by atoms with Crippen molar-refractivity contribution in [2.75, 3.05) is 6.61 Å². The summed E-state index contributed by atoms with van der Waals surface area (Å²) in [4.78, 5) is 25.0. The highest BCUT2D eigenvalue weighted by molar-refractivity contribution is 7.36. The molecule has 1 unspecified atom stereocenters. The van der Waals surface area contributed by atoms with Crippen molar-refractivity contribution in [1.82, 2.24) is 14.3 Å². The molecule has 1 aromatic heterocycles. The van der Waals surface area contributed by atoms with E-state index < -0.39 is 37.8 Å². The number of hydrogen-bond donors (Lipinski definition) is 2. The van der Waals surface area contributed by atoms with E-state index in [0.717, 1.165) is 4.78 Å². The van der Waals surface area contributed by atoms with Gasteiger partial charge < -0.3 is 14.0 Å². The number of hydrogen-bond acceptors (Lipinski definition) is 7. The van der Waals surface area contributed by atoms with E-state index in [2.05, 4.69) is 11.6 Å². The minimum atomic E-state index is -2.73. The maximum atomic E-state index is 12.2. The molecule has 1 aromatic rings. The van der Waals surface area contributed by atoms with Gasteiger partial charge in [0.1, 0.15) is 12.0 Å². The van der Waals surface area contributed by atoms with E-state index in [1.54, 1.807) is 20.8 Å².